The van der Waals surface area contributed by atoms with E-state index in [9.17, 15) is 9.90 Å². The van der Waals surface area contributed by atoms with E-state index in [1.165, 1.54) is 5.56 Å². The van der Waals surface area contributed by atoms with Gasteiger partial charge in [0.25, 0.3) is 6.23 Å². The lowest BCUT2D eigenvalue weighted by atomic mass is 9.91. The molecule has 2 atom stereocenters. The van der Waals surface area contributed by atoms with Gasteiger partial charge in [0.05, 0.1) is 5.60 Å². The van der Waals surface area contributed by atoms with Crippen molar-refractivity contribution < 1.29 is 19.4 Å². The number of benzene rings is 2. The second kappa shape index (κ2) is 8.78. The summed E-state index contributed by atoms with van der Waals surface area (Å²) in [5.74, 6) is 1.25. The molecule has 0 spiro atoms. The summed E-state index contributed by atoms with van der Waals surface area (Å²) in [6.07, 6.45) is 1.37. The van der Waals surface area contributed by atoms with Gasteiger partial charge in [-0.15, -0.1) is 5.10 Å². The first-order valence-electron chi connectivity index (χ1n) is 11.5. The molecule has 174 valence electrons. The maximum atomic E-state index is 11.6. The topological polar surface area (TPSA) is 77.8 Å². The Bertz CT molecular complexity index is 1040. The van der Waals surface area contributed by atoms with Crippen molar-refractivity contribution >= 4 is 12.2 Å². The number of hydrogen-bond acceptors (Lipinski definition) is 8. The summed E-state index contributed by atoms with van der Waals surface area (Å²) in [4.78, 5) is 13.9. The molecular weight excluding hydrogens is 420 g/mol. The standard InChI is InChI=1S/C25H30N4O4/c1-3-25(31)16-27(17-25)14-19-9-10-21(18(2)13-19)32-22-11-12-28(22)29-23(15-30)33-24(26-29)20-7-5-4-6-8-20/h4-10,13,15,22-23,31H,3,11-12,14,16-17H2,1-2H3. The highest BCUT2D eigenvalue weighted by Crippen LogP contribution is 2.31. The van der Waals surface area contributed by atoms with E-state index in [1.807, 2.05) is 55.3 Å². The van der Waals surface area contributed by atoms with Crippen LogP contribution in [-0.4, -0.2) is 70.0 Å². The average molecular weight is 451 g/mol. The smallest absolute Gasteiger partial charge is 0.260 e. The molecule has 3 heterocycles. The molecule has 3 aliphatic rings. The van der Waals surface area contributed by atoms with E-state index in [2.05, 4.69) is 22.1 Å². The fourth-order valence-electron chi connectivity index (χ4n) is 4.50. The molecule has 0 saturated carbocycles. The van der Waals surface area contributed by atoms with E-state index in [1.54, 1.807) is 5.12 Å². The van der Waals surface area contributed by atoms with Crippen molar-refractivity contribution in [3.8, 4) is 5.75 Å². The first-order valence-corrected chi connectivity index (χ1v) is 11.5. The summed E-state index contributed by atoms with van der Waals surface area (Å²) in [5, 5.41) is 18.3. The molecule has 3 aliphatic heterocycles. The monoisotopic (exact) mass is 450 g/mol. The number of hydrazine groups is 1. The van der Waals surface area contributed by atoms with Crippen molar-refractivity contribution in [3.05, 3.63) is 65.2 Å². The lowest BCUT2D eigenvalue weighted by molar-refractivity contribution is -0.218. The number of ether oxygens (including phenoxy) is 2. The van der Waals surface area contributed by atoms with Crippen molar-refractivity contribution in [2.75, 3.05) is 19.6 Å². The Kier molecular flexibility index (Phi) is 5.82. The second-order valence-corrected chi connectivity index (χ2v) is 9.08. The molecule has 0 amide bonds. The predicted octanol–water partition coefficient (Wildman–Crippen LogP) is 2.50. The first-order chi connectivity index (χ1) is 16.0. The molecule has 33 heavy (non-hydrogen) atoms. The first kappa shape index (κ1) is 21.9. The van der Waals surface area contributed by atoms with Crippen LogP contribution in [0.1, 0.15) is 36.5 Å². The molecule has 0 aromatic heterocycles. The molecule has 2 aromatic rings. The third-order valence-corrected chi connectivity index (χ3v) is 6.59. The number of aldehydes is 1. The molecule has 0 radical (unpaired) electrons. The number of rotatable bonds is 8. The Balaban J connectivity index is 1.23. The van der Waals surface area contributed by atoms with Crippen LogP contribution >= 0.6 is 0 Å². The fourth-order valence-corrected chi connectivity index (χ4v) is 4.50. The maximum Gasteiger partial charge on any atom is 0.260 e. The highest BCUT2D eigenvalue weighted by Gasteiger charge is 2.42. The van der Waals surface area contributed by atoms with Gasteiger partial charge in [-0.3, -0.25) is 9.69 Å². The molecule has 5 rings (SSSR count). The normalized spacial score (nSPS) is 24.5. The van der Waals surface area contributed by atoms with Crippen LogP contribution in [-0.2, 0) is 16.1 Å². The van der Waals surface area contributed by atoms with Crippen molar-refractivity contribution in [2.24, 2.45) is 5.10 Å². The van der Waals surface area contributed by atoms with Crippen LogP contribution in [0.4, 0.5) is 0 Å². The molecular formula is C25H30N4O4. The maximum absolute atomic E-state index is 11.6. The number of β-amino-alcohol motifs (C(OH)–C–C–N with tert-alkyl or cyclic N) is 1. The van der Waals surface area contributed by atoms with Crippen LogP contribution in [0.25, 0.3) is 0 Å². The van der Waals surface area contributed by atoms with E-state index in [4.69, 9.17) is 9.47 Å². The van der Waals surface area contributed by atoms with Gasteiger partial charge >= 0.3 is 0 Å². The van der Waals surface area contributed by atoms with Gasteiger partial charge in [0, 0.05) is 38.2 Å². The van der Waals surface area contributed by atoms with E-state index >= 15 is 0 Å². The molecule has 0 bridgehead atoms. The van der Waals surface area contributed by atoms with E-state index < -0.39 is 11.8 Å². The van der Waals surface area contributed by atoms with Gasteiger partial charge in [0.15, 0.2) is 12.5 Å². The molecule has 0 aliphatic carbocycles. The van der Waals surface area contributed by atoms with Gasteiger partial charge in [0.2, 0.25) is 5.90 Å². The van der Waals surface area contributed by atoms with Crippen LogP contribution < -0.4 is 4.74 Å². The van der Waals surface area contributed by atoms with E-state index in [0.29, 0.717) is 5.90 Å². The summed E-state index contributed by atoms with van der Waals surface area (Å²) in [7, 11) is 0. The summed E-state index contributed by atoms with van der Waals surface area (Å²) >= 11 is 0. The Labute approximate surface area is 194 Å². The molecule has 2 fully saturated rings. The molecule has 2 saturated heterocycles. The Morgan fingerprint density at radius 3 is 2.67 bits per heavy atom. The number of likely N-dealkylation sites (tertiary alicyclic amines) is 1. The molecule has 8 nitrogen and oxygen atoms in total. The Morgan fingerprint density at radius 2 is 2.03 bits per heavy atom. The number of carbonyl (C=O) groups is 1. The van der Waals surface area contributed by atoms with Gasteiger partial charge in [-0.05, 0) is 42.7 Å². The number of hydrazone groups is 1. The van der Waals surface area contributed by atoms with Crippen molar-refractivity contribution in [1.82, 2.24) is 15.0 Å². The van der Waals surface area contributed by atoms with Gasteiger partial charge in [0.1, 0.15) is 5.75 Å². The number of hydrogen-bond donors (Lipinski definition) is 1. The van der Waals surface area contributed by atoms with Crippen molar-refractivity contribution in [3.63, 3.8) is 0 Å². The van der Waals surface area contributed by atoms with E-state index in [-0.39, 0.29) is 6.23 Å². The Hall–Kier alpha value is -2.94. The fraction of sp³-hybridized carbons (Fsp3) is 0.440. The van der Waals surface area contributed by atoms with Crippen LogP contribution in [0.2, 0.25) is 0 Å². The zero-order valence-corrected chi connectivity index (χ0v) is 19.1. The van der Waals surface area contributed by atoms with Crippen LogP contribution in [0.15, 0.2) is 53.6 Å². The third kappa shape index (κ3) is 4.34. The molecule has 1 N–H and O–H groups in total. The minimum atomic E-state index is -0.798. The average Bonchev–Trinajstić information content (AvgIpc) is 3.20. The minimum Gasteiger partial charge on any atom is -0.473 e. The van der Waals surface area contributed by atoms with Crippen LogP contribution in [0.3, 0.4) is 0 Å². The van der Waals surface area contributed by atoms with Gasteiger partial charge < -0.3 is 14.6 Å². The molecule has 2 unspecified atom stereocenters. The van der Waals surface area contributed by atoms with Crippen LogP contribution in [0.5, 0.6) is 5.75 Å². The lowest BCUT2D eigenvalue weighted by Gasteiger charge is -2.46. The highest BCUT2D eigenvalue weighted by molar-refractivity contribution is 5.95. The number of nitrogens with zero attached hydrogens (tertiary/aromatic N) is 4. The van der Waals surface area contributed by atoms with Gasteiger partial charge in [-0.25, -0.2) is 0 Å². The van der Waals surface area contributed by atoms with Gasteiger partial charge in [-0.2, -0.15) is 10.1 Å². The quantitative estimate of drug-likeness (QED) is 0.619. The molecule has 8 heteroatoms. The third-order valence-electron chi connectivity index (χ3n) is 6.59. The second-order valence-electron chi connectivity index (χ2n) is 9.08. The zero-order chi connectivity index (χ0) is 23.0. The lowest BCUT2D eigenvalue weighted by Crippen LogP contribution is -2.60. The number of aliphatic hydroxyl groups is 1. The van der Waals surface area contributed by atoms with E-state index in [0.717, 1.165) is 62.2 Å². The Morgan fingerprint density at radius 1 is 1.24 bits per heavy atom. The van der Waals surface area contributed by atoms with Crippen molar-refractivity contribution in [2.45, 2.75) is 51.3 Å². The van der Waals surface area contributed by atoms with Gasteiger partial charge in [-0.1, -0.05) is 37.3 Å². The largest absolute Gasteiger partial charge is 0.473 e. The molecule has 2 aromatic carbocycles. The number of carbonyl (C=O) groups excluding carboxylic acids is 1. The van der Waals surface area contributed by atoms with Crippen LogP contribution in [0, 0.1) is 6.92 Å². The summed E-state index contributed by atoms with van der Waals surface area (Å²) in [6, 6.07) is 15.8. The zero-order valence-electron chi connectivity index (χ0n) is 19.1. The summed E-state index contributed by atoms with van der Waals surface area (Å²) < 4.78 is 12.0. The summed E-state index contributed by atoms with van der Waals surface area (Å²) in [6.45, 7) is 7.06. The predicted molar refractivity (Wildman–Crippen MR) is 123 cm³/mol. The summed E-state index contributed by atoms with van der Waals surface area (Å²) in [5.41, 5.74) is 2.57. The van der Waals surface area contributed by atoms with Crippen molar-refractivity contribution in [1.29, 1.82) is 0 Å². The SMILES string of the molecule is CCC1(O)CN(Cc2ccc(OC3CCN3N3N=C(c4ccccc4)OC3C=O)c(C)c2)C1. The minimum absolute atomic E-state index is 0.214. The highest BCUT2D eigenvalue weighted by atomic mass is 16.6. The number of aryl methyl sites for hydroxylation is 1.